The molecule has 0 heterocycles. The summed E-state index contributed by atoms with van der Waals surface area (Å²) in [6.07, 6.45) is 3.12. The van der Waals surface area contributed by atoms with Crippen LogP contribution in [-0.4, -0.2) is 12.5 Å². The molecule has 0 aliphatic heterocycles. The lowest BCUT2D eigenvalue weighted by molar-refractivity contribution is -0.137. The van der Waals surface area contributed by atoms with Gasteiger partial charge in [0.05, 0.1) is 12.0 Å². The van der Waals surface area contributed by atoms with Gasteiger partial charge in [0, 0.05) is 0 Å². The number of hydroxylamine groups is 1. The summed E-state index contributed by atoms with van der Waals surface area (Å²) in [5.41, 5.74) is 2.54. The molecule has 2 saturated carbocycles. The van der Waals surface area contributed by atoms with E-state index in [1.165, 1.54) is 0 Å². The van der Waals surface area contributed by atoms with Crippen molar-refractivity contribution in [2.75, 3.05) is 6.61 Å². The average molecular weight is 155 g/mol. The third-order valence-corrected chi connectivity index (χ3v) is 2.61. The van der Waals surface area contributed by atoms with Crippen LogP contribution in [0.5, 0.6) is 0 Å². The number of carbonyl (C=O) groups excluding carboxylic acids is 1. The summed E-state index contributed by atoms with van der Waals surface area (Å²) in [4.78, 5) is 16.1. The summed E-state index contributed by atoms with van der Waals surface area (Å²) in [5.74, 6) is 0.809. The highest BCUT2D eigenvalue weighted by atomic mass is 16.6. The Labute approximate surface area is 66.1 Å². The number of hydrogen-bond acceptors (Lipinski definition) is 2. The van der Waals surface area contributed by atoms with Crippen molar-refractivity contribution in [3.63, 3.8) is 0 Å². The number of hydrogen-bond donors (Lipinski definition) is 1. The normalized spacial score (nSPS) is 37.7. The van der Waals surface area contributed by atoms with E-state index in [4.69, 9.17) is 4.84 Å². The zero-order valence-corrected chi connectivity index (χ0v) is 6.72. The zero-order valence-electron chi connectivity index (χ0n) is 6.72. The lowest BCUT2D eigenvalue weighted by Crippen LogP contribution is -2.28. The van der Waals surface area contributed by atoms with Crippen LogP contribution in [-0.2, 0) is 9.63 Å². The summed E-state index contributed by atoms with van der Waals surface area (Å²) < 4.78 is 0. The first-order valence-corrected chi connectivity index (χ1v) is 4.22. The van der Waals surface area contributed by atoms with E-state index in [0.717, 1.165) is 19.3 Å². The molecule has 0 bridgehead atoms. The fourth-order valence-corrected chi connectivity index (χ4v) is 1.39. The molecule has 0 radical (unpaired) electrons. The van der Waals surface area contributed by atoms with Gasteiger partial charge in [-0.3, -0.25) is 9.63 Å². The maximum atomic E-state index is 11.2. The topological polar surface area (TPSA) is 38.3 Å². The molecule has 2 aliphatic carbocycles. The third kappa shape index (κ3) is 1.03. The number of fused-ring (bicyclic) bond motifs is 1. The van der Waals surface area contributed by atoms with Crippen molar-refractivity contribution in [2.45, 2.75) is 26.2 Å². The smallest absolute Gasteiger partial charge is 0.250 e. The van der Waals surface area contributed by atoms with Crippen LogP contribution in [0.25, 0.3) is 0 Å². The van der Waals surface area contributed by atoms with Crippen molar-refractivity contribution < 1.29 is 9.63 Å². The van der Waals surface area contributed by atoms with Crippen molar-refractivity contribution in [1.29, 1.82) is 0 Å². The second-order valence-electron chi connectivity index (χ2n) is 3.54. The van der Waals surface area contributed by atoms with Gasteiger partial charge < -0.3 is 0 Å². The van der Waals surface area contributed by atoms with E-state index < -0.39 is 0 Å². The molecule has 0 atom stereocenters. The zero-order chi connectivity index (χ0) is 7.90. The monoisotopic (exact) mass is 155 g/mol. The molecule has 2 aliphatic rings. The molecule has 0 aromatic carbocycles. The fraction of sp³-hybridized carbons (Fsp3) is 0.875. The molecular weight excluding hydrogens is 142 g/mol. The van der Waals surface area contributed by atoms with E-state index in [0.29, 0.717) is 12.5 Å². The van der Waals surface area contributed by atoms with Crippen LogP contribution in [0.2, 0.25) is 0 Å². The highest BCUT2D eigenvalue weighted by Gasteiger charge is 2.74. The van der Waals surface area contributed by atoms with Gasteiger partial charge in [-0.2, -0.15) is 0 Å². The summed E-state index contributed by atoms with van der Waals surface area (Å²) in [5, 5.41) is 0. The first-order chi connectivity index (χ1) is 5.29. The standard InChI is InChI=1S/C8H13NO2/c1-2-3-11-9-7(10)8-4-6(8)5-8/h6H,2-5H2,1H3,(H,9,10). The van der Waals surface area contributed by atoms with Crippen LogP contribution in [0.1, 0.15) is 26.2 Å². The minimum atomic E-state index is 0.0493. The lowest BCUT2D eigenvalue weighted by atomic mass is 10.2. The van der Waals surface area contributed by atoms with Crippen LogP contribution >= 0.6 is 0 Å². The van der Waals surface area contributed by atoms with Gasteiger partial charge in [-0.15, -0.1) is 0 Å². The molecule has 1 N–H and O–H groups in total. The van der Waals surface area contributed by atoms with Gasteiger partial charge in [0.1, 0.15) is 0 Å². The largest absolute Gasteiger partial charge is 0.274 e. The second-order valence-corrected chi connectivity index (χ2v) is 3.54. The molecule has 11 heavy (non-hydrogen) atoms. The Kier molecular flexibility index (Phi) is 1.42. The fourth-order valence-electron chi connectivity index (χ4n) is 1.39. The van der Waals surface area contributed by atoms with Crippen molar-refractivity contribution in [3.8, 4) is 0 Å². The first kappa shape index (κ1) is 7.10. The quantitative estimate of drug-likeness (QED) is 0.483. The Morgan fingerprint density at radius 2 is 2.36 bits per heavy atom. The molecule has 1 amide bonds. The van der Waals surface area contributed by atoms with Crippen molar-refractivity contribution in [2.24, 2.45) is 11.3 Å². The maximum Gasteiger partial charge on any atom is 0.250 e. The van der Waals surface area contributed by atoms with Gasteiger partial charge in [-0.05, 0) is 25.2 Å². The van der Waals surface area contributed by atoms with E-state index in [2.05, 4.69) is 5.48 Å². The number of nitrogens with one attached hydrogen (secondary N) is 1. The third-order valence-electron chi connectivity index (χ3n) is 2.61. The Morgan fingerprint density at radius 3 is 2.82 bits per heavy atom. The molecular formula is C8H13NO2. The minimum absolute atomic E-state index is 0.0493. The molecule has 2 fully saturated rings. The highest BCUT2D eigenvalue weighted by Crippen LogP contribution is 2.75. The molecule has 3 heteroatoms. The Hall–Kier alpha value is -0.570. The molecule has 0 unspecified atom stereocenters. The molecule has 62 valence electrons. The van der Waals surface area contributed by atoms with E-state index in [1.807, 2.05) is 6.92 Å². The maximum absolute atomic E-state index is 11.2. The van der Waals surface area contributed by atoms with E-state index in [-0.39, 0.29) is 11.3 Å². The molecule has 0 saturated heterocycles. The van der Waals surface area contributed by atoms with Gasteiger partial charge in [0.2, 0.25) is 5.91 Å². The highest BCUT2D eigenvalue weighted by molar-refractivity contribution is 5.89. The summed E-state index contributed by atoms with van der Waals surface area (Å²) in [6, 6.07) is 0. The molecule has 2 rings (SSSR count). The predicted octanol–water partition coefficient (Wildman–Crippen LogP) is 0.854. The van der Waals surface area contributed by atoms with Crippen LogP contribution < -0.4 is 5.48 Å². The van der Waals surface area contributed by atoms with Crippen LogP contribution in [0, 0.1) is 11.3 Å². The van der Waals surface area contributed by atoms with Gasteiger partial charge in [0.15, 0.2) is 0 Å². The number of carbonyl (C=O) groups is 1. The van der Waals surface area contributed by atoms with Gasteiger partial charge in [-0.1, -0.05) is 6.92 Å². The van der Waals surface area contributed by atoms with Crippen molar-refractivity contribution in [3.05, 3.63) is 0 Å². The van der Waals surface area contributed by atoms with Crippen LogP contribution in [0.15, 0.2) is 0 Å². The van der Waals surface area contributed by atoms with Crippen molar-refractivity contribution >= 4 is 5.91 Å². The van der Waals surface area contributed by atoms with Gasteiger partial charge in [-0.25, -0.2) is 5.48 Å². The van der Waals surface area contributed by atoms with E-state index >= 15 is 0 Å². The van der Waals surface area contributed by atoms with Gasteiger partial charge in [0.25, 0.3) is 0 Å². The Balaban J connectivity index is 1.67. The summed E-state index contributed by atoms with van der Waals surface area (Å²) in [6.45, 7) is 2.63. The Morgan fingerprint density at radius 1 is 1.73 bits per heavy atom. The van der Waals surface area contributed by atoms with Gasteiger partial charge >= 0.3 is 0 Å². The molecule has 0 aromatic rings. The summed E-state index contributed by atoms with van der Waals surface area (Å²) in [7, 11) is 0. The van der Waals surface area contributed by atoms with E-state index in [1.54, 1.807) is 0 Å². The van der Waals surface area contributed by atoms with Crippen LogP contribution in [0.3, 0.4) is 0 Å². The summed E-state index contributed by atoms with van der Waals surface area (Å²) >= 11 is 0. The SMILES string of the molecule is CCCONC(=O)C12CC1C2. The van der Waals surface area contributed by atoms with Crippen LogP contribution in [0.4, 0.5) is 0 Å². The number of amides is 1. The van der Waals surface area contributed by atoms with Crippen molar-refractivity contribution in [1.82, 2.24) is 5.48 Å². The predicted molar refractivity (Wildman–Crippen MR) is 39.5 cm³/mol. The minimum Gasteiger partial charge on any atom is -0.274 e. The van der Waals surface area contributed by atoms with E-state index in [9.17, 15) is 4.79 Å². The lowest BCUT2D eigenvalue weighted by Gasteiger charge is -2.05. The first-order valence-electron chi connectivity index (χ1n) is 4.22. The number of rotatable bonds is 4. The average Bonchev–Trinajstić information content (AvgIpc) is 2.72. The molecule has 0 aromatic heterocycles. The Bertz CT molecular complexity index is 185. The molecule has 0 spiro atoms. The molecule has 3 nitrogen and oxygen atoms in total. The second kappa shape index (κ2) is 2.21.